The smallest absolute Gasteiger partial charge is 0.129 e. The third-order valence-electron chi connectivity index (χ3n) is 3.44. The lowest BCUT2D eigenvalue weighted by molar-refractivity contribution is 0.0735. The molecule has 0 aromatic carbocycles. The molecule has 0 aromatic rings. The van der Waals surface area contributed by atoms with Crippen LogP contribution in [0.3, 0.4) is 0 Å². The van der Waals surface area contributed by atoms with Crippen LogP contribution < -0.4 is 0 Å². The standard InChI is InChI=1S/C18H28O/c1-8-18(7,19)17(15(4)5)13-12-16(6)11-9-10-14(2)3/h1,12,17,19H,2,4,9-11,13H2,3,5-7H3. The Bertz CT molecular complexity index is 390. The van der Waals surface area contributed by atoms with Crippen molar-refractivity contribution in [1.82, 2.24) is 0 Å². The predicted octanol–water partition coefficient (Wildman–Crippen LogP) is 4.65. The summed E-state index contributed by atoms with van der Waals surface area (Å²) >= 11 is 0. The van der Waals surface area contributed by atoms with Gasteiger partial charge in [-0.15, -0.1) is 13.0 Å². The van der Waals surface area contributed by atoms with E-state index in [1.54, 1.807) is 6.92 Å². The zero-order valence-electron chi connectivity index (χ0n) is 12.9. The lowest BCUT2D eigenvalue weighted by atomic mass is 9.82. The largest absolute Gasteiger partial charge is 0.377 e. The SMILES string of the molecule is C#CC(C)(O)C(CC=C(C)CCCC(=C)C)C(=C)C. The van der Waals surface area contributed by atoms with Crippen LogP contribution in [0.15, 0.2) is 36.0 Å². The minimum Gasteiger partial charge on any atom is -0.377 e. The fraction of sp³-hybridized carbons (Fsp3) is 0.556. The molecule has 0 heterocycles. The lowest BCUT2D eigenvalue weighted by Crippen LogP contribution is -2.33. The third-order valence-corrected chi connectivity index (χ3v) is 3.44. The molecular weight excluding hydrogens is 232 g/mol. The molecule has 0 saturated heterocycles. The second-order valence-corrected chi connectivity index (χ2v) is 5.79. The summed E-state index contributed by atoms with van der Waals surface area (Å²) in [6.07, 6.45) is 11.6. The Morgan fingerprint density at radius 3 is 2.32 bits per heavy atom. The topological polar surface area (TPSA) is 20.2 Å². The summed E-state index contributed by atoms with van der Waals surface area (Å²) in [4.78, 5) is 0. The van der Waals surface area contributed by atoms with Crippen molar-refractivity contribution in [3.05, 3.63) is 36.0 Å². The number of allylic oxidation sites excluding steroid dienone is 3. The molecule has 0 bridgehead atoms. The van der Waals surface area contributed by atoms with Gasteiger partial charge in [-0.2, -0.15) is 0 Å². The molecule has 1 heteroatoms. The molecule has 0 rings (SSSR count). The van der Waals surface area contributed by atoms with Gasteiger partial charge in [-0.1, -0.05) is 35.3 Å². The van der Waals surface area contributed by atoms with Gasteiger partial charge in [0.15, 0.2) is 0 Å². The van der Waals surface area contributed by atoms with Crippen LogP contribution in [-0.4, -0.2) is 10.7 Å². The Labute approximate surface area is 119 Å². The van der Waals surface area contributed by atoms with E-state index in [0.717, 1.165) is 31.3 Å². The van der Waals surface area contributed by atoms with Crippen molar-refractivity contribution in [3.63, 3.8) is 0 Å². The van der Waals surface area contributed by atoms with Crippen molar-refractivity contribution in [2.75, 3.05) is 0 Å². The number of hydrogen-bond acceptors (Lipinski definition) is 1. The maximum atomic E-state index is 10.2. The first-order chi connectivity index (χ1) is 8.70. The van der Waals surface area contributed by atoms with Gasteiger partial charge in [-0.25, -0.2) is 0 Å². The molecule has 0 aliphatic rings. The van der Waals surface area contributed by atoms with Crippen LogP contribution in [0, 0.1) is 18.3 Å². The molecule has 0 aliphatic heterocycles. The van der Waals surface area contributed by atoms with Crippen molar-refractivity contribution in [3.8, 4) is 12.3 Å². The molecule has 19 heavy (non-hydrogen) atoms. The van der Waals surface area contributed by atoms with Crippen LogP contribution in [0.25, 0.3) is 0 Å². The van der Waals surface area contributed by atoms with Gasteiger partial charge in [0.05, 0.1) is 0 Å². The van der Waals surface area contributed by atoms with Crippen molar-refractivity contribution in [1.29, 1.82) is 0 Å². The van der Waals surface area contributed by atoms with E-state index < -0.39 is 5.60 Å². The van der Waals surface area contributed by atoms with Crippen molar-refractivity contribution < 1.29 is 5.11 Å². The van der Waals surface area contributed by atoms with Gasteiger partial charge in [0, 0.05) is 5.92 Å². The highest BCUT2D eigenvalue weighted by atomic mass is 16.3. The number of terminal acetylenes is 1. The van der Waals surface area contributed by atoms with Gasteiger partial charge in [-0.3, -0.25) is 0 Å². The molecule has 2 unspecified atom stereocenters. The van der Waals surface area contributed by atoms with E-state index in [0.29, 0.717) is 0 Å². The van der Waals surface area contributed by atoms with Crippen LogP contribution >= 0.6 is 0 Å². The highest BCUT2D eigenvalue weighted by molar-refractivity contribution is 5.18. The average Bonchev–Trinajstić information content (AvgIpc) is 2.27. The van der Waals surface area contributed by atoms with Gasteiger partial charge in [0.2, 0.25) is 0 Å². The minimum atomic E-state index is -1.12. The highest BCUT2D eigenvalue weighted by Crippen LogP contribution is 2.27. The molecule has 0 spiro atoms. The number of aliphatic hydroxyl groups is 1. The fourth-order valence-corrected chi connectivity index (χ4v) is 2.10. The van der Waals surface area contributed by atoms with Crippen LogP contribution in [0.2, 0.25) is 0 Å². The lowest BCUT2D eigenvalue weighted by Gasteiger charge is -2.28. The van der Waals surface area contributed by atoms with Gasteiger partial charge in [0.25, 0.3) is 0 Å². The maximum absolute atomic E-state index is 10.2. The summed E-state index contributed by atoms with van der Waals surface area (Å²) < 4.78 is 0. The molecule has 0 aliphatic carbocycles. The second-order valence-electron chi connectivity index (χ2n) is 5.79. The van der Waals surface area contributed by atoms with Crippen LogP contribution in [0.4, 0.5) is 0 Å². The maximum Gasteiger partial charge on any atom is 0.129 e. The summed E-state index contributed by atoms with van der Waals surface area (Å²) in [7, 11) is 0. The molecule has 0 fully saturated rings. The predicted molar refractivity (Wildman–Crippen MR) is 84.8 cm³/mol. The molecule has 0 amide bonds. The number of rotatable bonds is 8. The Hall–Kier alpha value is -1.26. The molecule has 1 N–H and O–H groups in total. The van der Waals surface area contributed by atoms with Gasteiger partial charge >= 0.3 is 0 Å². The Balaban J connectivity index is 4.51. The highest BCUT2D eigenvalue weighted by Gasteiger charge is 2.29. The van der Waals surface area contributed by atoms with Gasteiger partial charge in [0.1, 0.15) is 5.60 Å². The summed E-state index contributed by atoms with van der Waals surface area (Å²) in [6, 6.07) is 0. The second kappa shape index (κ2) is 8.02. The van der Waals surface area contributed by atoms with Crippen molar-refractivity contribution in [2.24, 2.45) is 5.92 Å². The van der Waals surface area contributed by atoms with E-state index in [-0.39, 0.29) is 5.92 Å². The Morgan fingerprint density at radius 1 is 1.32 bits per heavy atom. The van der Waals surface area contributed by atoms with E-state index >= 15 is 0 Å². The number of hydrogen-bond donors (Lipinski definition) is 1. The van der Waals surface area contributed by atoms with E-state index in [1.165, 1.54) is 11.1 Å². The van der Waals surface area contributed by atoms with Crippen LogP contribution in [0.1, 0.15) is 53.4 Å². The van der Waals surface area contributed by atoms with E-state index in [1.807, 2.05) is 6.92 Å². The molecule has 0 radical (unpaired) electrons. The van der Waals surface area contributed by atoms with Gasteiger partial charge in [-0.05, 0) is 53.4 Å². The quantitative estimate of drug-likeness (QED) is 0.497. The summed E-state index contributed by atoms with van der Waals surface area (Å²) in [5.74, 6) is 2.37. The van der Waals surface area contributed by atoms with Crippen molar-refractivity contribution >= 4 is 0 Å². The molecule has 1 nitrogen and oxygen atoms in total. The van der Waals surface area contributed by atoms with E-state index in [4.69, 9.17) is 6.42 Å². The first-order valence-corrected chi connectivity index (χ1v) is 6.86. The molecular formula is C18H28O. The Kier molecular flexibility index (Phi) is 7.49. The third kappa shape index (κ3) is 7.03. The van der Waals surface area contributed by atoms with Crippen LogP contribution in [-0.2, 0) is 0 Å². The van der Waals surface area contributed by atoms with Gasteiger partial charge < -0.3 is 5.11 Å². The van der Waals surface area contributed by atoms with E-state index in [9.17, 15) is 5.11 Å². The molecule has 0 aromatic heterocycles. The molecule has 2 atom stereocenters. The zero-order chi connectivity index (χ0) is 15.1. The molecule has 0 saturated carbocycles. The normalized spacial score (nSPS) is 16.3. The Morgan fingerprint density at radius 2 is 1.89 bits per heavy atom. The van der Waals surface area contributed by atoms with E-state index in [2.05, 4.69) is 39.0 Å². The summed E-state index contributed by atoms with van der Waals surface area (Å²) in [5.41, 5.74) is 2.36. The summed E-state index contributed by atoms with van der Waals surface area (Å²) in [6.45, 7) is 15.6. The first-order valence-electron chi connectivity index (χ1n) is 6.86. The van der Waals surface area contributed by atoms with Crippen molar-refractivity contribution in [2.45, 2.75) is 59.0 Å². The monoisotopic (exact) mass is 260 g/mol. The van der Waals surface area contributed by atoms with Crippen LogP contribution in [0.5, 0.6) is 0 Å². The fourth-order valence-electron chi connectivity index (χ4n) is 2.10. The minimum absolute atomic E-state index is 0.0893. The summed E-state index contributed by atoms with van der Waals surface area (Å²) in [5, 5.41) is 10.2. The molecule has 106 valence electrons. The first kappa shape index (κ1) is 17.7. The average molecular weight is 260 g/mol. The zero-order valence-corrected chi connectivity index (χ0v) is 12.9.